The topological polar surface area (TPSA) is 52.6 Å². The maximum absolute atomic E-state index is 4.47. The number of aliphatic imine (C=N–C) groups is 1. The summed E-state index contributed by atoms with van der Waals surface area (Å²) in [5.41, 5.74) is 2.48. The van der Waals surface area contributed by atoms with Crippen molar-refractivity contribution in [3.63, 3.8) is 0 Å². The van der Waals surface area contributed by atoms with Gasteiger partial charge in [0.05, 0.1) is 10.7 Å². The molecule has 0 spiro atoms. The summed E-state index contributed by atoms with van der Waals surface area (Å²) in [6.07, 6.45) is 0.916. The summed E-state index contributed by atoms with van der Waals surface area (Å²) in [7, 11) is 3.94. The molecule has 5 nitrogen and oxygen atoms in total. The fourth-order valence-corrected chi connectivity index (χ4v) is 3.04. The van der Waals surface area contributed by atoms with Gasteiger partial charge in [0.25, 0.3) is 0 Å². The van der Waals surface area contributed by atoms with Crippen LogP contribution < -0.4 is 10.6 Å². The third-order valence-corrected chi connectivity index (χ3v) is 4.47. The van der Waals surface area contributed by atoms with Crippen molar-refractivity contribution >= 4 is 17.3 Å². The summed E-state index contributed by atoms with van der Waals surface area (Å²) < 4.78 is 0. The average molecular weight is 346 g/mol. The summed E-state index contributed by atoms with van der Waals surface area (Å²) in [6, 6.07) is 10.5. The van der Waals surface area contributed by atoms with Crippen LogP contribution in [-0.2, 0) is 13.0 Å². The van der Waals surface area contributed by atoms with Crippen LogP contribution in [0.3, 0.4) is 0 Å². The predicted octanol–water partition coefficient (Wildman–Crippen LogP) is 2.29. The first-order chi connectivity index (χ1) is 11.7. The minimum atomic E-state index is 0.836. The molecule has 24 heavy (non-hydrogen) atoms. The van der Waals surface area contributed by atoms with Gasteiger partial charge in [0.2, 0.25) is 0 Å². The van der Waals surface area contributed by atoms with Crippen molar-refractivity contribution in [3.05, 3.63) is 52.0 Å². The van der Waals surface area contributed by atoms with E-state index in [4.69, 9.17) is 0 Å². The molecule has 2 aromatic rings. The molecular formula is C18H27N5S. The number of hydrogen-bond donors (Lipinski definition) is 2. The lowest BCUT2D eigenvalue weighted by Crippen LogP contribution is -2.41. The summed E-state index contributed by atoms with van der Waals surface area (Å²) in [5.74, 6) is 0.843. The molecule has 2 rings (SSSR count). The van der Waals surface area contributed by atoms with E-state index in [-0.39, 0.29) is 0 Å². The first kappa shape index (κ1) is 18.4. The first-order valence-corrected chi connectivity index (χ1v) is 9.13. The van der Waals surface area contributed by atoms with Crippen LogP contribution in [0.2, 0.25) is 0 Å². The van der Waals surface area contributed by atoms with Crippen molar-refractivity contribution in [1.82, 2.24) is 20.5 Å². The molecule has 1 aromatic carbocycles. The molecule has 0 amide bonds. The average Bonchev–Trinajstić information content (AvgIpc) is 2.99. The maximum atomic E-state index is 4.47. The molecule has 0 fully saturated rings. The highest BCUT2D eigenvalue weighted by Gasteiger charge is 2.02. The lowest BCUT2D eigenvalue weighted by molar-refractivity contribution is 0.331. The number of benzene rings is 1. The Kier molecular flexibility index (Phi) is 7.71. The fraction of sp³-hybridized carbons (Fsp3) is 0.444. The van der Waals surface area contributed by atoms with Gasteiger partial charge >= 0.3 is 0 Å². The number of thiazole rings is 1. The van der Waals surface area contributed by atoms with E-state index in [0.717, 1.165) is 49.3 Å². The molecule has 130 valence electrons. The lowest BCUT2D eigenvalue weighted by Gasteiger charge is -2.18. The quantitative estimate of drug-likeness (QED) is 0.569. The molecule has 0 bridgehead atoms. The Balaban J connectivity index is 1.62. The van der Waals surface area contributed by atoms with Crippen molar-refractivity contribution in [2.24, 2.45) is 4.99 Å². The molecule has 1 heterocycles. The van der Waals surface area contributed by atoms with E-state index < -0.39 is 0 Å². The highest BCUT2D eigenvalue weighted by molar-refractivity contribution is 7.09. The van der Waals surface area contributed by atoms with Crippen LogP contribution in [0.25, 0.3) is 0 Å². The molecule has 0 aliphatic rings. The molecule has 0 aliphatic carbocycles. The third-order valence-electron chi connectivity index (χ3n) is 3.65. The standard InChI is InChI=1S/C18H27N5S/c1-15-22-17(14-24-15)9-10-20-18(19-2)21-11-12-23(3)13-16-7-5-4-6-8-16/h4-8,14H,9-13H2,1-3H3,(H2,19,20,21). The van der Waals surface area contributed by atoms with E-state index in [0.29, 0.717) is 0 Å². The number of rotatable bonds is 8. The SMILES string of the molecule is CN=C(NCCc1csc(C)n1)NCCN(C)Cc1ccccc1. The van der Waals surface area contributed by atoms with Gasteiger partial charge in [-0.3, -0.25) is 4.99 Å². The van der Waals surface area contributed by atoms with Gasteiger partial charge in [0.15, 0.2) is 5.96 Å². The van der Waals surface area contributed by atoms with Gasteiger partial charge in [-0.05, 0) is 19.5 Å². The Bertz CT molecular complexity index is 623. The molecule has 0 aliphatic heterocycles. The van der Waals surface area contributed by atoms with Crippen molar-refractivity contribution in [2.45, 2.75) is 19.9 Å². The third kappa shape index (κ3) is 6.68. The number of hydrogen-bond acceptors (Lipinski definition) is 4. The number of nitrogens with one attached hydrogen (secondary N) is 2. The van der Waals surface area contributed by atoms with Crippen molar-refractivity contribution in [1.29, 1.82) is 0 Å². The highest BCUT2D eigenvalue weighted by atomic mass is 32.1. The summed E-state index contributed by atoms with van der Waals surface area (Å²) in [4.78, 5) is 11.0. The molecule has 0 atom stereocenters. The monoisotopic (exact) mass is 345 g/mol. The lowest BCUT2D eigenvalue weighted by atomic mass is 10.2. The number of nitrogens with zero attached hydrogens (tertiary/aromatic N) is 3. The molecule has 0 saturated carbocycles. The number of likely N-dealkylation sites (N-methyl/N-ethyl adjacent to an activating group) is 1. The van der Waals surface area contributed by atoms with Crippen LogP contribution in [0, 0.1) is 6.92 Å². The van der Waals surface area contributed by atoms with Crippen LogP contribution >= 0.6 is 11.3 Å². The van der Waals surface area contributed by atoms with E-state index in [1.807, 2.05) is 13.0 Å². The van der Waals surface area contributed by atoms with Crippen molar-refractivity contribution in [3.8, 4) is 0 Å². The fourth-order valence-electron chi connectivity index (χ4n) is 2.39. The molecule has 0 radical (unpaired) electrons. The van der Waals surface area contributed by atoms with Crippen LogP contribution in [0.4, 0.5) is 0 Å². The van der Waals surface area contributed by atoms with Gasteiger partial charge in [-0.25, -0.2) is 4.98 Å². The summed E-state index contributed by atoms with van der Waals surface area (Å²) in [5, 5.41) is 9.93. The van der Waals surface area contributed by atoms with E-state index >= 15 is 0 Å². The van der Waals surface area contributed by atoms with Crippen LogP contribution in [0.5, 0.6) is 0 Å². The van der Waals surface area contributed by atoms with Gasteiger partial charge in [-0.1, -0.05) is 30.3 Å². The minimum Gasteiger partial charge on any atom is -0.356 e. The Morgan fingerprint density at radius 3 is 2.62 bits per heavy atom. The zero-order valence-electron chi connectivity index (χ0n) is 14.7. The maximum Gasteiger partial charge on any atom is 0.191 e. The minimum absolute atomic E-state index is 0.836. The normalized spacial score (nSPS) is 11.8. The zero-order valence-corrected chi connectivity index (χ0v) is 15.6. The Labute approximate surface area is 148 Å². The molecule has 1 aromatic heterocycles. The van der Waals surface area contributed by atoms with Crippen molar-refractivity contribution < 1.29 is 0 Å². The molecule has 2 N–H and O–H groups in total. The number of aryl methyl sites for hydroxylation is 1. The molecule has 6 heteroatoms. The van der Waals surface area contributed by atoms with Gasteiger partial charge in [-0.15, -0.1) is 11.3 Å². The number of guanidine groups is 1. The second-order valence-electron chi connectivity index (χ2n) is 5.76. The Morgan fingerprint density at radius 2 is 1.96 bits per heavy atom. The van der Waals surface area contributed by atoms with E-state index in [1.54, 1.807) is 18.4 Å². The van der Waals surface area contributed by atoms with Crippen LogP contribution in [-0.4, -0.2) is 49.6 Å². The highest BCUT2D eigenvalue weighted by Crippen LogP contribution is 2.07. The predicted molar refractivity (Wildman–Crippen MR) is 103 cm³/mol. The van der Waals surface area contributed by atoms with E-state index in [2.05, 4.69) is 62.2 Å². The first-order valence-electron chi connectivity index (χ1n) is 8.25. The van der Waals surface area contributed by atoms with Crippen LogP contribution in [0.1, 0.15) is 16.3 Å². The summed E-state index contributed by atoms with van der Waals surface area (Å²) in [6.45, 7) is 5.65. The second-order valence-corrected chi connectivity index (χ2v) is 6.82. The van der Waals surface area contributed by atoms with Crippen LogP contribution in [0.15, 0.2) is 40.7 Å². The zero-order chi connectivity index (χ0) is 17.2. The van der Waals surface area contributed by atoms with E-state index in [9.17, 15) is 0 Å². The van der Waals surface area contributed by atoms with Crippen molar-refractivity contribution in [2.75, 3.05) is 33.7 Å². The molecular weight excluding hydrogens is 318 g/mol. The van der Waals surface area contributed by atoms with Gasteiger partial charge in [0, 0.05) is 45.0 Å². The summed E-state index contributed by atoms with van der Waals surface area (Å²) >= 11 is 1.70. The van der Waals surface area contributed by atoms with Gasteiger partial charge in [-0.2, -0.15) is 0 Å². The van der Waals surface area contributed by atoms with Gasteiger partial charge in [0.1, 0.15) is 0 Å². The Hall–Kier alpha value is -1.92. The number of aromatic nitrogens is 1. The smallest absolute Gasteiger partial charge is 0.191 e. The van der Waals surface area contributed by atoms with E-state index in [1.165, 1.54) is 5.56 Å². The largest absolute Gasteiger partial charge is 0.356 e. The second kappa shape index (κ2) is 10.1. The molecule has 0 saturated heterocycles. The van der Waals surface area contributed by atoms with Gasteiger partial charge < -0.3 is 15.5 Å². The molecule has 0 unspecified atom stereocenters. The Morgan fingerprint density at radius 1 is 1.21 bits per heavy atom.